The van der Waals surface area contributed by atoms with Gasteiger partial charge in [-0.2, -0.15) is 4.37 Å². The quantitative estimate of drug-likeness (QED) is 0.764. The lowest BCUT2D eigenvalue weighted by molar-refractivity contribution is 0.260. The van der Waals surface area contributed by atoms with Crippen molar-refractivity contribution in [3.63, 3.8) is 0 Å². The molecule has 1 unspecified atom stereocenters. The van der Waals surface area contributed by atoms with Crippen LogP contribution >= 0.6 is 11.5 Å². The molecule has 1 atom stereocenters. The van der Waals surface area contributed by atoms with Gasteiger partial charge in [-0.15, -0.1) is 0 Å². The van der Waals surface area contributed by atoms with E-state index in [0.717, 1.165) is 25.4 Å². The van der Waals surface area contributed by atoms with Gasteiger partial charge < -0.3 is 10.1 Å². The summed E-state index contributed by atoms with van der Waals surface area (Å²) in [4.78, 5) is 0. The first kappa shape index (κ1) is 8.01. The zero-order chi connectivity index (χ0) is 8.23. The largest absolute Gasteiger partial charge is 0.491 e. The molecule has 0 saturated carbocycles. The first-order chi connectivity index (χ1) is 5.95. The summed E-state index contributed by atoms with van der Waals surface area (Å²) in [5, 5.41) is 5.24. The first-order valence-electron chi connectivity index (χ1n) is 4.18. The monoisotopic (exact) mass is 184 g/mol. The summed E-state index contributed by atoms with van der Waals surface area (Å²) in [6.07, 6.45) is 3.00. The smallest absolute Gasteiger partial charge is 0.150 e. The molecule has 0 spiro atoms. The molecule has 3 nitrogen and oxygen atoms in total. The SMILES string of the molecule is c1nscc1OCC1CCNC1. The molecule has 2 rings (SSSR count). The van der Waals surface area contributed by atoms with Gasteiger partial charge in [-0.05, 0) is 24.5 Å². The van der Waals surface area contributed by atoms with E-state index >= 15 is 0 Å². The highest BCUT2D eigenvalue weighted by molar-refractivity contribution is 7.03. The predicted molar refractivity (Wildman–Crippen MR) is 48.6 cm³/mol. The summed E-state index contributed by atoms with van der Waals surface area (Å²) in [6, 6.07) is 0. The number of hydrogen-bond acceptors (Lipinski definition) is 4. The van der Waals surface area contributed by atoms with Crippen LogP contribution in [0.1, 0.15) is 6.42 Å². The van der Waals surface area contributed by atoms with Crippen molar-refractivity contribution in [3.05, 3.63) is 11.6 Å². The van der Waals surface area contributed by atoms with Gasteiger partial charge in [0.25, 0.3) is 0 Å². The molecule has 2 heterocycles. The Bertz CT molecular complexity index is 219. The fourth-order valence-electron chi connectivity index (χ4n) is 1.34. The van der Waals surface area contributed by atoms with Gasteiger partial charge in [0, 0.05) is 12.5 Å². The molecule has 0 aliphatic carbocycles. The highest BCUT2D eigenvalue weighted by atomic mass is 32.1. The van der Waals surface area contributed by atoms with E-state index in [9.17, 15) is 0 Å². The summed E-state index contributed by atoms with van der Waals surface area (Å²) < 4.78 is 9.51. The topological polar surface area (TPSA) is 34.1 Å². The van der Waals surface area contributed by atoms with Crippen LogP contribution in [0.2, 0.25) is 0 Å². The van der Waals surface area contributed by atoms with Crippen molar-refractivity contribution in [3.8, 4) is 5.75 Å². The Balaban J connectivity index is 1.74. The third-order valence-electron chi connectivity index (χ3n) is 2.06. The highest BCUT2D eigenvalue weighted by Crippen LogP contribution is 2.14. The molecule has 1 aromatic rings. The van der Waals surface area contributed by atoms with Gasteiger partial charge in [-0.1, -0.05) is 0 Å². The van der Waals surface area contributed by atoms with Crippen molar-refractivity contribution in [2.24, 2.45) is 5.92 Å². The Kier molecular flexibility index (Phi) is 2.58. The number of aromatic nitrogens is 1. The van der Waals surface area contributed by atoms with E-state index < -0.39 is 0 Å². The van der Waals surface area contributed by atoms with E-state index in [1.807, 2.05) is 5.38 Å². The third kappa shape index (κ3) is 1.95. The van der Waals surface area contributed by atoms with Gasteiger partial charge >= 0.3 is 0 Å². The summed E-state index contributed by atoms with van der Waals surface area (Å²) in [6.45, 7) is 3.05. The predicted octanol–water partition coefficient (Wildman–Crippen LogP) is 1.13. The van der Waals surface area contributed by atoms with Crippen molar-refractivity contribution in [2.75, 3.05) is 19.7 Å². The van der Waals surface area contributed by atoms with Crippen LogP contribution in [0.25, 0.3) is 0 Å². The Morgan fingerprint density at radius 3 is 3.42 bits per heavy atom. The molecule has 1 N–H and O–H groups in total. The maximum absolute atomic E-state index is 5.54. The fourth-order valence-corrected chi connectivity index (χ4v) is 1.80. The summed E-state index contributed by atoms with van der Waals surface area (Å²) in [5.41, 5.74) is 0. The third-order valence-corrected chi connectivity index (χ3v) is 2.62. The van der Waals surface area contributed by atoms with Crippen LogP contribution in [0.4, 0.5) is 0 Å². The molecule has 0 amide bonds. The van der Waals surface area contributed by atoms with Crippen LogP contribution in [0, 0.1) is 5.92 Å². The van der Waals surface area contributed by atoms with E-state index in [1.54, 1.807) is 6.20 Å². The molecule has 1 aliphatic rings. The normalized spacial score (nSPS) is 22.8. The van der Waals surface area contributed by atoms with Crippen LogP contribution in [0.5, 0.6) is 5.75 Å². The molecule has 4 heteroatoms. The Hall–Kier alpha value is -0.610. The number of nitrogens with one attached hydrogen (secondary N) is 1. The minimum absolute atomic E-state index is 0.685. The minimum atomic E-state index is 0.685. The van der Waals surface area contributed by atoms with E-state index in [0.29, 0.717) is 5.92 Å². The van der Waals surface area contributed by atoms with Gasteiger partial charge in [0.1, 0.15) is 5.75 Å². The number of rotatable bonds is 3. The van der Waals surface area contributed by atoms with Crippen LogP contribution in [-0.2, 0) is 0 Å². The zero-order valence-corrected chi connectivity index (χ0v) is 7.64. The molecule has 0 bridgehead atoms. The van der Waals surface area contributed by atoms with E-state index in [-0.39, 0.29) is 0 Å². The molecular weight excluding hydrogens is 172 g/mol. The van der Waals surface area contributed by atoms with Crippen molar-refractivity contribution >= 4 is 11.5 Å². The van der Waals surface area contributed by atoms with Crippen molar-refractivity contribution < 1.29 is 4.74 Å². The first-order valence-corrected chi connectivity index (χ1v) is 5.02. The summed E-state index contributed by atoms with van der Waals surface area (Å²) >= 11 is 1.43. The van der Waals surface area contributed by atoms with E-state index in [1.165, 1.54) is 18.0 Å². The van der Waals surface area contributed by atoms with Gasteiger partial charge in [0.2, 0.25) is 0 Å². The van der Waals surface area contributed by atoms with Crippen molar-refractivity contribution in [2.45, 2.75) is 6.42 Å². The van der Waals surface area contributed by atoms with Crippen molar-refractivity contribution in [1.29, 1.82) is 0 Å². The Morgan fingerprint density at radius 1 is 1.75 bits per heavy atom. The van der Waals surface area contributed by atoms with Crippen molar-refractivity contribution in [1.82, 2.24) is 9.69 Å². The van der Waals surface area contributed by atoms with E-state index in [4.69, 9.17) is 4.74 Å². The molecule has 66 valence electrons. The molecule has 0 radical (unpaired) electrons. The van der Waals surface area contributed by atoms with Gasteiger partial charge in [-0.25, -0.2) is 0 Å². The second-order valence-electron chi connectivity index (χ2n) is 3.03. The molecule has 1 aromatic heterocycles. The standard InChI is InChI=1S/C8H12N2OS/c1-2-9-3-7(1)5-11-8-4-10-12-6-8/h4,6-7,9H,1-3,5H2. The average molecular weight is 184 g/mol. The Morgan fingerprint density at radius 2 is 2.75 bits per heavy atom. The maximum Gasteiger partial charge on any atom is 0.150 e. The number of ether oxygens (including phenoxy) is 1. The second-order valence-corrected chi connectivity index (χ2v) is 3.69. The zero-order valence-electron chi connectivity index (χ0n) is 6.82. The second kappa shape index (κ2) is 3.87. The van der Waals surface area contributed by atoms with E-state index in [2.05, 4.69) is 9.69 Å². The molecular formula is C8H12N2OS. The van der Waals surface area contributed by atoms with Crippen LogP contribution in [0.15, 0.2) is 11.6 Å². The number of hydrogen-bond donors (Lipinski definition) is 1. The average Bonchev–Trinajstić information content (AvgIpc) is 2.74. The molecule has 12 heavy (non-hydrogen) atoms. The number of nitrogens with zero attached hydrogens (tertiary/aromatic N) is 1. The molecule has 1 aliphatic heterocycles. The lowest BCUT2D eigenvalue weighted by Crippen LogP contribution is -2.15. The van der Waals surface area contributed by atoms with Gasteiger partial charge in [-0.3, -0.25) is 0 Å². The fraction of sp³-hybridized carbons (Fsp3) is 0.625. The van der Waals surface area contributed by atoms with Gasteiger partial charge in [0.15, 0.2) is 0 Å². The lowest BCUT2D eigenvalue weighted by atomic mass is 10.1. The highest BCUT2D eigenvalue weighted by Gasteiger charge is 2.14. The van der Waals surface area contributed by atoms with Crippen LogP contribution < -0.4 is 10.1 Å². The lowest BCUT2D eigenvalue weighted by Gasteiger charge is -2.08. The summed E-state index contributed by atoms with van der Waals surface area (Å²) in [7, 11) is 0. The van der Waals surface area contributed by atoms with Crippen LogP contribution in [0.3, 0.4) is 0 Å². The molecule has 1 fully saturated rings. The Labute approximate surface area is 75.9 Å². The maximum atomic E-state index is 5.54. The summed E-state index contributed by atoms with van der Waals surface area (Å²) in [5.74, 6) is 1.59. The minimum Gasteiger partial charge on any atom is -0.491 e. The van der Waals surface area contributed by atoms with Gasteiger partial charge in [0.05, 0.1) is 18.2 Å². The molecule has 0 aromatic carbocycles. The molecule has 1 saturated heterocycles. The van der Waals surface area contributed by atoms with Crippen LogP contribution in [-0.4, -0.2) is 24.1 Å².